The van der Waals surface area contributed by atoms with Crippen molar-refractivity contribution in [3.8, 4) is 0 Å². The molecule has 0 bridgehead atoms. The fourth-order valence-corrected chi connectivity index (χ4v) is 1.35. The summed E-state index contributed by atoms with van der Waals surface area (Å²) in [6, 6.07) is 8.24. The van der Waals surface area contributed by atoms with Crippen molar-refractivity contribution in [2.75, 3.05) is 0 Å². The third-order valence-electron chi connectivity index (χ3n) is 2.14. The van der Waals surface area contributed by atoms with E-state index >= 15 is 0 Å². The van der Waals surface area contributed by atoms with Gasteiger partial charge < -0.3 is 4.98 Å². The van der Waals surface area contributed by atoms with Gasteiger partial charge >= 0.3 is 58.2 Å². The molecular weight excluding hydrogens is 220 g/mol. The van der Waals surface area contributed by atoms with Gasteiger partial charge in [-0.05, 0) is 12.3 Å². The van der Waals surface area contributed by atoms with E-state index in [1.165, 1.54) is 10.9 Å². The van der Waals surface area contributed by atoms with Gasteiger partial charge in [-0.1, -0.05) is 36.8 Å². The Morgan fingerprint density at radius 2 is 1.75 bits per heavy atom. The van der Waals surface area contributed by atoms with Crippen LogP contribution in [0.1, 0.15) is 11.3 Å². The number of nitrogens with zero attached hydrogens (tertiary/aromatic N) is 1. The van der Waals surface area contributed by atoms with E-state index in [1.54, 1.807) is 0 Å². The van der Waals surface area contributed by atoms with Crippen molar-refractivity contribution in [3.05, 3.63) is 35.5 Å². The predicted molar refractivity (Wildman–Crippen MR) is 46.7 cm³/mol. The van der Waals surface area contributed by atoms with Gasteiger partial charge in [0.2, 0.25) is 0 Å². The van der Waals surface area contributed by atoms with Crippen LogP contribution >= 0.6 is 0 Å². The van der Waals surface area contributed by atoms with Gasteiger partial charge in [0.05, 0.1) is 0 Å². The van der Waals surface area contributed by atoms with Crippen molar-refractivity contribution >= 4 is 10.9 Å². The topological polar surface area (TPSA) is 14.1 Å². The molecule has 0 fully saturated rings. The molecule has 56 valence electrons. The molecule has 12 heavy (non-hydrogen) atoms. The summed E-state index contributed by atoms with van der Waals surface area (Å²) in [6.07, 6.45) is 0. The third-order valence-corrected chi connectivity index (χ3v) is 2.14. The molecule has 1 heterocycles. The van der Waals surface area contributed by atoms with Crippen molar-refractivity contribution in [3.63, 3.8) is 0 Å². The monoisotopic (exact) mass is 229 g/mol. The average molecular weight is 230 g/mol. The Balaban J connectivity index is 0.000000720. The van der Waals surface area contributed by atoms with Crippen LogP contribution < -0.4 is 63.2 Å². The molecule has 2 aromatic rings. The van der Waals surface area contributed by atoms with Crippen molar-refractivity contribution < 1.29 is 58.2 Å². The summed E-state index contributed by atoms with van der Waals surface area (Å²) >= 11 is 0. The fraction of sp³-hybridized carbons (Fsp3) is 0.200. The van der Waals surface area contributed by atoms with E-state index in [2.05, 4.69) is 37.0 Å². The summed E-state index contributed by atoms with van der Waals surface area (Å²) in [5.74, 6) is 0. The van der Waals surface area contributed by atoms with Crippen LogP contribution in [0.5, 0.6) is 0 Å². The van der Waals surface area contributed by atoms with Gasteiger partial charge in [0, 0.05) is 0 Å². The Hall–Kier alpha value is 0.565. The molecule has 0 spiro atoms. The maximum absolute atomic E-state index is 4.41. The number of para-hydroxylation sites is 1. The average Bonchev–Trinajstić information content (AvgIpc) is 2.30. The Morgan fingerprint density at radius 3 is 2.42 bits per heavy atom. The second-order valence-corrected chi connectivity index (χ2v) is 2.84. The maximum atomic E-state index is 4.41. The predicted octanol–water partition coefficient (Wildman–Crippen LogP) is -0.582. The second kappa shape index (κ2) is 4.18. The minimum atomic E-state index is 0. The van der Waals surface area contributed by atoms with Crippen LogP contribution in [-0.4, -0.2) is 0 Å². The zero-order valence-corrected chi connectivity index (χ0v) is 12.7. The standard InChI is InChI=1S/C10H10N.Rb/c1-7-8(2)11-10-6-4-3-5-9(7)10;/h3-6H,1-2H3;/q-1;+1. The Labute approximate surface area is 121 Å². The fourth-order valence-electron chi connectivity index (χ4n) is 1.35. The molecule has 0 aliphatic carbocycles. The van der Waals surface area contributed by atoms with E-state index < -0.39 is 0 Å². The minimum absolute atomic E-state index is 0. The Kier molecular flexibility index (Phi) is 3.71. The van der Waals surface area contributed by atoms with Gasteiger partial charge in [-0.3, -0.25) is 0 Å². The van der Waals surface area contributed by atoms with Crippen LogP contribution in [0.3, 0.4) is 0 Å². The zero-order valence-electron chi connectivity index (χ0n) is 7.76. The van der Waals surface area contributed by atoms with E-state index in [0.717, 1.165) is 11.2 Å². The molecule has 0 unspecified atom stereocenters. The van der Waals surface area contributed by atoms with Gasteiger partial charge in [0.1, 0.15) is 0 Å². The molecule has 0 radical (unpaired) electrons. The first-order valence-corrected chi connectivity index (χ1v) is 3.77. The summed E-state index contributed by atoms with van der Waals surface area (Å²) in [4.78, 5) is 4.41. The van der Waals surface area contributed by atoms with Gasteiger partial charge in [-0.25, -0.2) is 0 Å². The molecule has 0 N–H and O–H groups in total. The van der Waals surface area contributed by atoms with Gasteiger partial charge in [-0.15, -0.1) is 5.52 Å². The summed E-state index contributed by atoms with van der Waals surface area (Å²) in [5, 5.41) is 1.28. The van der Waals surface area contributed by atoms with Crippen molar-refractivity contribution in [2.24, 2.45) is 0 Å². The first-order valence-electron chi connectivity index (χ1n) is 3.77. The number of benzene rings is 1. The number of rotatable bonds is 0. The molecule has 1 aromatic heterocycles. The van der Waals surface area contributed by atoms with Crippen molar-refractivity contribution in [1.29, 1.82) is 0 Å². The number of fused-ring (bicyclic) bond motifs is 1. The van der Waals surface area contributed by atoms with Gasteiger partial charge in [0.15, 0.2) is 0 Å². The first kappa shape index (κ1) is 10.6. The number of aromatic nitrogens is 1. The van der Waals surface area contributed by atoms with Gasteiger partial charge in [-0.2, -0.15) is 5.69 Å². The summed E-state index contributed by atoms with van der Waals surface area (Å²) in [6.45, 7) is 4.17. The Bertz CT molecular complexity index is 390. The van der Waals surface area contributed by atoms with E-state index in [9.17, 15) is 0 Å². The van der Waals surface area contributed by atoms with Crippen molar-refractivity contribution in [1.82, 2.24) is 4.98 Å². The molecule has 0 amide bonds. The number of hydrogen-bond donors (Lipinski definition) is 0. The minimum Gasteiger partial charge on any atom is -0.661 e. The smallest absolute Gasteiger partial charge is 0.661 e. The molecule has 0 aliphatic rings. The number of hydrogen-bond acceptors (Lipinski definition) is 0. The van der Waals surface area contributed by atoms with Crippen LogP contribution in [-0.2, 0) is 0 Å². The molecule has 1 nitrogen and oxygen atoms in total. The molecule has 1 aromatic carbocycles. The van der Waals surface area contributed by atoms with Crippen LogP contribution in [0.4, 0.5) is 0 Å². The van der Waals surface area contributed by atoms with Crippen LogP contribution in [0.15, 0.2) is 24.3 Å². The molecule has 0 aliphatic heterocycles. The van der Waals surface area contributed by atoms with E-state index in [-0.39, 0.29) is 58.2 Å². The second-order valence-electron chi connectivity index (χ2n) is 2.84. The molecule has 0 saturated heterocycles. The summed E-state index contributed by atoms with van der Waals surface area (Å²) in [7, 11) is 0. The van der Waals surface area contributed by atoms with Gasteiger partial charge in [0.25, 0.3) is 0 Å². The largest absolute Gasteiger partial charge is 1.00 e. The normalized spacial score (nSPS) is 9.83. The molecule has 2 heteroatoms. The molecule has 2 rings (SSSR count). The third kappa shape index (κ3) is 1.74. The van der Waals surface area contributed by atoms with Crippen LogP contribution in [0.2, 0.25) is 0 Å². The van der Waals surface area contributed by atoms with Crippen LogP contribution in [0, 0.1) is 13.8 Å². The quantitative estimate of drug-likeness (QED) is 0.590. The molecule has 0 atom stereocenters. The Morgan fingerprint density at radius 1 is 1.08 bits per heavy atom. The van der Waals surface area contributed by atoms with Crippen LogP contribution in [0.25, 0.3) is 10.9 Å². The maximum Gasteiger partial charge on any atom is 1.00 e. The van der Waals surface area contributed by atoms with E-state index in [0.29, 0.717) is 0 Å². The summed E-state index contributed by atoms with van der Waals surface area (Å²) < 4.78 is 0. The number of aryl methyl sites for hydroxylation is 2. The van der Waals surface area contributed by atoms with E-state index in [4.69, 9.17) is 0 Å². The summed E-state index contributed by atoms with van der Waals surface area (Å²) in [5.41, 5.74) is 3.56. The van der Waals surface area contributed by atoms with E-state index in [1.807, 2.05) is 6.07 Å². The first-order chi connectivity index (χ1) is 5.29. The van der Waals surface area contributed by atoms with Crippen molar-refractivity contribution in [2.45, 2.75) is 13.8 Å². The molecular formula is C10H10NRb. The zero-order chi connectivity index (χ0) is 7.84. The SMILES string of the molecule is Cc1[n-]c2ccccc2c1C.[Rb+]. The molecule has 0 saturated carbocycles.